The van der Waals surface area contributed by atoms with Gasteiger partial charge in [-0.2, -0.15) is 6.08 Å². The molecule has 0 saturated heterocycles. The molecule has 0 heterocycles. The van der Waals surface area contributed by atoms with Crippen molar-refractivity contribution >= 4 is 24.8 Å². The Bertz CT molecular complexity index is 1520. The molecule has 0 aromatic heterocycles. The summed E-state index contributed by atoms with van der Waals surface area (Å²) >= 11 is 1.76. The van der Waals surface area contributed by atoms with E-state index in [4.69, 9.17) is 0 Å². The predicted octanol–water partition coefficient (Wildman–Crippen LogP) is 2.84. The van der Waals surface area contributed by atoms with Gasteiger partial charge in [0.15, 0.2) is 0 Å². The number of hydrogen-bond acceptors (Lipinski definition) is 0. The van der Waals surface area contributed by atoms with Crippen molar-refractivity contribution in [2.75, 3.05) is 0 Å². The van der Waals surface area contributed by atoms with Gasteiger partial charge in [-0.05, 0) is 28.5 Å². The standard InChI is InChI=1S/C21H13.C10H14.C5H5.2ClH.Zr/c1-2-8-15-14(7-1)13-20-18-11-4-3-9-16(18)17-10-5-6-12-19(17)21(15)20;1-7-2-9-4-8(1)5-10(3-7)6-9;1-2-4-5-3-1;;;/h1-10,12H,13H2;7-10H,1-5H2;1-3H,4H2;2*1H;/q-1;;-1;;;+2/p-2. The molecule has 3 heteroatoms. The molecule has 0 aliphatic heterocycles. The van der Waals surface area contributed by atoms with E-state index < -0.39 is 0 Å². The Morgan fingerprint density at radius 3 is 2.05 bits per heavy atom. The molecule has 6 aliphatic carbocycles. The van der Waals surface area contributed by atoms with Crippen LogP contribution in [0.15, 0.2) is 85.0 Å². The van der Waals surface area contributed by atoms with Crippen LogP contribution in [-0.4, -0.2) is 3.21 Å². The quantitative estimate of drug-likeness (QED) is 0.183. The van der Waals surface area contributed by atoms with Crippen molar-refractivity contribution in [1.82, 2.24) is 0 Å². The van der Waals surface area contributed by atoms with Crippen molar-refractivity contribution < 1.29 is 49.0 Å². The van der Waals surface area contributed by atoms with Gasteiger partial charge in [0.2, 0.25) is 0 Å². The first kappa shape index (κ1) is 28.7. The minimum absolute atomic E-state index is 0. The first-order chi connectivity index (χ1) is 18.3. The summed E-state index contributed by atoms with van der Waals surface area (Å²) in [6, 6.07) is 27.3. The molecule has 0 unspecified atom stereocenters. The van der Waals surface area contributed by atoms with E-state index >= 15 is 0 Å². The summed E-state index contributed by atoms with van der Waals surface area (Å²) < 4.78 is 1.96. The van der Waals surface area contributed by atoms with Crippen LogP contribution in [-0.2, 0) is 30.7 Å². The van der Waals surface area contributed by atoms with Crippen molar-refractivity contribution in [1.29, 1.82) is 0 Å². The molecule has 4 saturated carbocycles. The fourth-order valence-corrected chi connectivity index (χ4v) is 8.92. The summed E-state index contributed by atoms with van der Waals surface area (Å²) in [6.45, 7) is 0. The summed E-state index contributed by atoms with van der Waals surface area (Å²) in [5.74, 6) is 4.51. The van der Waals surface area contributed by atoms with Crippen LogP contribution < -0.4 is 24.8 Å². The number of allylic oxidation sites excluding steroid dienone is 4. The third kappa shape index (κ3) is 5.45. The topological polar surface area (TPSA) is 0 Å². The molecule has 0 amide bonds. The van der Waals surface area contributed by atoms with Gasteiger partial charge >= 0.3 is 83.2 Å². The van der Waals surface area contributed by atoms with Gasteiger partial charge in [0.1, 0.15) is 0 Å². The summed E-state index contributed by atoms with van der Waals surface area (Å²) in [7, 11) is 0. The van der Waals surface area contributed by atoms with E-state index in [1.54, 1.807) is 56.3 Å². The second-order valence-electron chi connectivity index (χ2n) is 11.5. The van der Waals surface area contributed by atoms with Crippen LogP contribution in [0.1, 0.15) is 49.7 Å². The zero-order valence-electron chi connectivity index (χ0n) is 22.1. The number of halogens is 2. The molecule has 39 heavy (non-hydrogen) atoms. The van der Waals surface area contributed by atoms with E-state index in [9.17, 15) is 0 Å². The van der Waals surface area contributed by atoms with Gasteiger partial charge in [-0.3, -0.25) is 6.08 Å². The van der Waals surface area contributed by atoms with Gasteiger partial charge in [0.05, 0.1) is 0 Å². The smallest absolute Gasteiger partial charge is 0.0240 e. The van der Waals surface area contributed by atoms with E-state index in [2.05, 4.69) is 78.9 Å². The fourth-order valence-electron chi connectivity index (χ4n) is 7.76. The maximum Gasteiger partial charge on any atom is -0.0240 e. The fraction of sp³-hybridized carbons (Fsp3) is 0.306. The maximum absolute atomic E-state index is 3.48. The largest absolute Gasteiger partial charge is 0.147 e. The van der Waals surface area contributed by atoms with Crippen LogP contribution >= 0.6 is 0 Å². The van der Waals surface area contributed by atoms with Crippen molar-refractivity contribution in [3.8, 4) is 11.1 Å². The minimum Gasteiger partial charge on any atom is -0.147 e. The Morgan fingerprint density at radius 2 is 1.38 bits per heavy atom. The maximum atomic E-state index is 3.48. The number of benzene rings is 4. The van der Waals surface area contributed by atoms with Crippen LogP contribution in [0.4, 0.5) is 0 Å². The predicted molar refractivity (Wildman–Crippen MR) is 152 cm³/mol. The van der Waals surface area contributed by atoms with E-state index in [-0.39, 0.29) is 24.8 Å². The number of fused-ring (bicyclic) bond motifs is 8. The van der Waals surface area contributed by atoms with Crippen LogP contribution in [0.3, 0.4) is 0 Å². The van der Waals surface area contributed by atoms with Crippen LogP contribution in [0, 0.1) is 35.8 Å². The van der Waals surface area contributed by atoms with Crippen molar-refractivity contribution in [2.24, 2.45) is 23.7 Å². The first-order valence-electron chi connectivity index (χ1n) is 14.0. The molecule has 10 rings (SSSR count). The monoisotopic (exact) mass is 624 g/mol. The number of hydrogen-bond donors (Lipinski definition) is 0. The second-order valence-corrected chi connectivity index (χ2v) is 12.9. The molecular weight excluding hydrogens is 595 g/mol. The zero-order chi connectivity index (χ0) is 24.8. The summed E-state index contributed by atoms with van der Waals surface area (Å²) in [5.41, 5.74) is 5.67. The molecule has 0 N–H and O–H groups in total. The van der Waals surface area contributed by atoms with Crippen LogP contribution in [0.5, 0.6) is 0 Å². The normalized spacial score (nSPS) is 24.2. The van der Waals surface area contributed by atoms with E-state index in [0.717, 1.165) is 36.5 Å². The average molecular weight is 627 g/mol. The minimum atomic E-state index is 0. The van der Waals surface area contributed by atoms with E-state index in [1.807, 2.05) is 21.4 Å². The van der Waals surface area contributed by atoms with Gasteiger partial charge in [0, 0.05) is 0 Å². The van der Waals surface area contributed by atoms with Crippen LogP contribution in [0.25, 0.3) is 32.7 Å². The molecule has 4 aromatic rings. The van der Waals surface area contributed by atoms with Gasteiger partial charge in [-0.25, -0.2) is 12.2 Å². The molecule has 0 radical (unpaired) electrons. The van der Waals surface area contributed by atoms with Gasteiger partial charge < -0.3 is 24.8 Å². The van der Waals surface area contributed by atoms with E-state index in [1.165, 1.54) is 43.8 Å². The Labute approximate surface area is 260 Å². The summed E-state index contributed by atoms with van der Waals surface area (Å²) in [5, 5.41) is 5.30. The molecule has 6 aliphatic rings. The molecule has 0 atom stereocenters. The van der Waals surface area contributed by atoms with Gasteiger partial charge in [-0.1, -0.05) is 53.9 Å². The molecule has 4 bridgehead atoms. The molecule has 0 nitrogen and oxygen atoms in total. The molecular formula is C36H32Cl2Zr-2. The molecule has 4 aromatic carbocycles. The Kier molecular flexibility index (Phi) is 9.12. The van der Waals surface area contributed by atoms with Crippen molar-refractivity contribution in [3.05, 3.63) is 108 Å². The molecule has 4 fully saturated rings. The van der Waals surface area contributed by atoms with Gasteiger partial charge in [-0.15, -0.1) is 47.0 Å². The SMILES string of the molecule is [C-]1=CC=CC1.[Cl-].[Cl-].[Zr+2]=[C]1C2CC3CC(C2)CC1C3.[c-]1cccc2c1c1c(c3ccccc32)-c2ccccc2C1. The van der Waals surface area contributed by atoms with Gasteiger partial charge in [0.25, 0.3) is 0 Å². The first-order valence-corrected chi connectivity index (χ1v) is 15.2. The van der Waals surface area contributed by atoms with Crippen molar-refractivity contribution in [2.45, 2.75) is 44.9 Å². The van der Waals surface area contributed by atoms with Crippen molar-refractivity contribution in [3.63, 3.8) is 0 Å². The Balaban J connectivity index is 0.000000143. The Morgan fingerprint density at radius 1 is 0.718 bits per heavy atom. The summed E-state index contributed by atoms with van der Waals surface area (Å²) in [4.78, 5) is 0. The average Bonchev–Trinajstić information content (AvgIpc) is 3.64. The zero-order valence-corrected chi connectivity index (χ0v) is 26.1. The Hall–Kier alpha value is -1.79. The summed E-state index contributed by atoms with van der Waals surface area (Å²) in [6.07, 6.45) is 18.9. The third-order valence-electron chi connectivity index (χ3n) is 9.20. The van der Waals surface area contributed by atoms with E-state index in [0.29, 0.717) is 0 Å². The number of rotatable bonds is 0. The second kappa shape index (κ2) is 12.4. The molecule has 196 valence electrons. The van der Waals surface area contributed by atoms with Crippen LogP contribution in [0.2, 0.25) is 0 Å². The third-order valence-corrected chi connectivity index (χ3v) is 11.2. The molecule has 0 spiro atoms.